The van der Waals surface area contributed by atoms with Crippen LogP contribution >= 0.6 is 0 Å². The van der Waals surface area contributed by atoms with Crippen LogP contribution in [0.1, 0.15) is 19.8 Å². The molecule has 1 unspecified atom stereocenters. The number of hydrogen-bond acceptors (Lipinski definition) is 5. The molecular weight excluding hydrogens is 192 g/mol. The van der Waals surface area contributed by atoms with Crippen molar-refractivity contribution in [2.45, 2.75) is 25.8 Å². The molecular formula is C9H18N6. The first-order valence-corrected chi connectivity index (χ1v) is 5.44. The molecule has 2 rings (SSSR count). The summed E-state index contributed by atoms with van der Waals surface area (Å²) in [6.07, 6.45) is 2.40. The van der Waals surface area contributed by atoms with Crippen LogP contribution in [0.5, 0.6) is 0 Å². The minimum Gasteiger partial charge on any atom is -0.368 e. The van der Waals surface area contributed by atoms with E-state index in [0.29, 0.717) is 17.9 Å². The predicted octanol–water partition coefficient (Wildman–Crippen LogP) is 0.283. The Morgan fingerprint density at radius 1 is 1.67 bits per heavy atom. The second kappa shape index (κ2) is 4.48. The summed E-state index contributed by atoms with van der Waals surface area (Å²) < 4.78 is 0. The number of nitrogen functional groups attached to an aromatic ring is 1. The zero-order valence-corrected chi connectivity index (χ0v) is 9.03. The third-order valence-corrected chi connectivity index (χ3v) is 2.79. The van der Waals surface area contributed by atoms with Crippen LogP contribution in [0.4, 0.5) is 11.9 Å². The van der Waals surface area contributed by atoms with Gasteiger partial charge in [-0.15, -0.1) is 5.10 Å². The summed E-state index contributed by atoms with van der Waals surface area (Å²) in [5, 5.41) is 9.88. The summed E-state index contributed by atoms with van der Waals surface area (Å²) in [7, 11) is 0. The number of rotatable bonds is 3. The maximum absolute atomic E-state index is 5.46. The molecule has 0 spiro atoms. The highest BCUT2D eigenvalue weighted by molar-refractivity contribution is 5.31. The lowest BCUT2D eigenvalue weighted by Crippen LogP contribution is -2.42. The molecule has 1 aromatic heterocycles. The number of hydrogen-bond donors (Lipinski definition) is 3. The van der Waals surface area contributed by atoms with Gasteiger partial charge in [-0.1, -0.05) is 6.92 Å². The number of nitrogens with two attached hydrogens (primary N) is 1. The molecule has 1 aliphatic rings. The number of aromatic nitrogens is 3. The summed E-state index contributed by atoms with van der Waals surface area (Å²) in [6, 6.07) is 0.439. The summed E-state index contributed by atoms with van der Waals surface area (Å²) in [5.41, 5.74) is 5.46. The predicted molar refractivity (Wildman–Crippen MR) is 59.6 cm³/mol. The summed E-state index contributed by atoms with van der Waals surface area (Å²) in [5.74, 6) is 0.969. The van der Waals surface area contributed by atoms with Gasteiger partial charge in [0.05, 0.1) is 0 Å². The quantitative estimate of drug-likeness (QED) is 0.667. The van der Waals surface area contributed by atoms with Gasteiger partial charge in [0.1, 0.15) is 0 Å². The van der Waals surface area contributed by atoms with Crippen LogP contribution in [0.15, 0.2) is 0 Å². The van der Waals surface area contributed by atoms with Crippen molar-refractivity contribution < 1.29 is 0 Å². The third kappa shape index (κ3) is 2.59. The Balaban J connectivity index is 1.88. The van der Waals surface area contributed by atoms with Crippen molar-refractivity contribution in [2.24, 2.45) is 0 Å². The van der Waals surface area contributed by atoms with E-state index in [4.69, 9.17) is 5.73 Å². The molecule has 0 aliphatic carbocycles. The van der Waals surface area contributed by atoms with E-state index in [1.165, 1.54) is 19.4 Å². The van der Waals surface area contributed by atoms with Crippen molar-refractivity contribution >= 4 is 11.9 Å². The number of likely N-dealkylation sites (N-methyl/N-ethyl adjacent to an activating group) is 1. The highest BCUT2D eigenvalue weighted by atomic mass is 15.3. The van der Waals surface area contributed by atoms with E-state index in [1.807, 2.05) is 0 Å². The van der Waals surface area contributed by atoms with Crippen molar-refractivity contribution in [2.75, 3.05) is 30.7 Å². The Morgan fingerprint density at radius 3 is 3.20 bits per heavy atom. The minimum atomic E-state index is 0.362. The van der Waals surface area contributed by atoms with Gasteiger partial charge in [-0.3, -0.25) is 0 Å². The minimum absolute atomic E-state index is 0.362. The van der Waals surface area contributed by atoms with Crippen LogP contribution < -0.4 is 11.1 Å². The van der Waals surface area contributed by atoms with Crippen LogP contribution in [0, 0.1) is 0 Å². The molecule has 1 aliphatic heterocycles. The van der Waals surface area contributed by atoms with E-state index in [0.717, 1.165) is 13.1 Å². The lowest BCUT2D eigenvalue weighted by molar-refractivity contribution is 0.226. The molecule has 0 saturated carbocycles. The molecule has 6 nitrogen and oxygen atoms in total. The van der Waals surface area contributed by atoms with Crippen molar-refractivity contribution in [3.8, 4) is 0 Å². The first-order chi connectivity index (χ1) is 7.28. The molecule has 2 heterocycles. The van der Waals surface area contributed by atoms with E-state index >= 15 is 0 Å². The van der Waals surface area contributed by atoms with Gasteiger partial charge in [0, 0.05) is 12.6 Å². The summed E-state index contributed by atoms with van der Waals surface area (Å²) in [4.78, 5) is 6.46. The average molecular weight is 210 g/mol. The van der Waals surface area contributed by atoms with Gasteiger partial charge < -0.3 is 16.0 Å². The molecule has 0 aromatic carbocycles. The Bertz CT molecular complexity index is 309. The molecule has 0 radical (unpaired) electrons. The van der Waals surface area contributed by atoms with E-state index in [-0.39, 0.29) is 0 Å². The lowest BCUT2D eigenvalue weighted by Gasteiger charge is -2.31. The van der Waals surface area contributed by atoms with Crippen LogP contribution in [0.2, 0.25) is 0 Å². The van der Waals surface area contributed by atoms with Crippen LogP contribution in [-0.2, 0) is 0 Å². The normalized spacial score (nSPS) is 22.9. The zero-order chi connectivity index (χ0) is 10.7. The maximum atomic E-state index is 5.46. The molecule has 84 valence electrons. The Labute approximate surface area is 89.2 Å². The maximum Gasteiger partial charge on any atom is 0.243 e. The van der Waals surface area contributed by atoms with Crippen LogP contribution in [-0.4, -0.2) is 45.8 Å². The number of H-pyrrole nitrogens is 1. The SMILES string of the molecule is CCN1CCCC(Nc2n[nH]c(N)n2)C1. The van der Waals surface area contributed by atoms with E-state index in [1.54, 1.807) is 0 Å². The Morgan fingerprint density at radius 2 is 2.53 bits per heavy atom. The number of aromatic amines is 1. The van der Waals surface area contributed by atoms with Gasteiger partial charge in [-0.25, -0.2) is 5.10 Å². The van der Waals surface area contributed by atoms with Gasteiger partial charge >= 0.3 is 0 Å². The monoisotopic (exact) mass is 210 g/mol. The highest BCUT2D eigenvalue weighted by Gasteiger charge is 2.19. The lowest BCUT2D eigenvalue weighted by atomic mass is 10.1. The first kappa shape index (κ1) is 10.2. The number of likely N-dealkylation sites (tertiary alicyclic amines) is 1. The van der Waals surface area contributed by atoms with Gasteiger partial charge in [0.2, 0.25) is 11.9 Å². The molecule has 4 N–H and O–H groups in total. The smallest absolute Gasteiger partial charge is 0.243 e. The van der Waals surface area contributed by atoms with Gasteiger partial charge in [-0.05, 0) is 25.9 Å². The average Bonchev–Trinajstić information content (AvgIpc) is 2.64. The summed E-state index contributed by atoms with van der Waals surface area (Å²) in [6.45, 7) is 5.55. The number of piperidine rings is 1. The van der Waals surface area contributed by atoms with Crippen molar-refractivity contribution in [1.82, 2.24) is 20.1 Å². The topological polar surface area (TPSA) is 82.9 Å². The number of anilines is 2. The molecule has 1 aromatic rings. The number of nitrogens with one attached hydrogen (secondary N) is 2. The largest absolute Gasteiger partial charge is 0.368 e. The van der Waals surface area contributed by atoms with E-state index < -0.39 is 0 Å². The van der Waals surface area contributed by atoms with Crippen molar-refractivity contribution in [3.05, 3.63) is 0 Å². The Kier molecular flexibility index (Phi) is 3.05. The fourth-order valence-corrected chi connectivity index (χ4v) is 1.98. The van der Waals surface area contributed by atoms with E-state index in [9.17, 15) is 0 Å². The fraction of sp³-hybridized carbons (Fsp3) is 0.778. The molecule has 1 atom stereocenters. The van der Waals surface area contributed by atoms with Crippen molar-refractivity contribution in [1.29, 1.82) is 0 Å². The second-order valence-corrected chi connectivity index (χ2v) is 3.92. The van der Waals surface area contributed by atoms with Crippen LogP contribution in [0.25, 0.3) is 0 Å². The van der Waals surface area contributed by atoms with Crippen LogP contribution in [0.3, 0.4) is 0 Å². The number of nitrogens with zero attached hydrogens (tertiary/aromatic N) is 3. The highest BCUT2D eigenvalue weighted by Crippen LogP contribution is 2.13. The fourth-order valence-electron chi connectivity index (χ4n) is 1.98. The molecule has 1 saturated heterocycles. The van der Waals surface area contributed by atoms with Gasteiger partial charge in [-0.2, -0.15) is 4.98 Å². The summed E-state index contributed by atoms with van der Waals surface area (Å²) >= 11 is 0. The van der Waals surface area contributed by atoms with Crippen molar-refractivity contribution in [3.63, 3.8) is 0 Å². The molecule has 6 heteroatoms. The zero-order valence-electron chi connectivity index (χ0n) is 9.03. The third-order valence-electron chi connectivity index (χ3n) is 2.79. The van der Waals surface area contributed by atoms with Gasteiger partial charge in [0.25, 0.3) is 0 Å². The second-order valence-electron chi connectivity index (χ2n) is 3.92. The van der Waals surface area contributed by atoms with E-state index in [2.05, 4.69) is 32.3 Å². The Hall–Kier alpha value is -1.30. The standard InChI is InChI=1S/C9H18N6/c1-2-15-5-3-4-7(6-15)11-9-12-8(10)13-14-9/h7H,2-6H2,1H3,(H4,10,11,12,13,14). The first-order valence-electron chi connectivity index (χ1n) is 5.44. The molecule has 0 amide bonds. The van der Waals surface area contributed by atoms with Gasteiger partial charge in [0.15, 0.2) is 0 Å². The molecule has 15 heavy (non-hydrogen) atoms. The molecule has 0 bridgehead atoms. The molecule has 1 fully saturated rings.